The zero-order chi connectivity index (χ0) is 13.0. The van der Waals surface area contributed by atoms with E-state index in [0.717, 1.165) is 17.9 Å². The van der Waals surface area contributed by atoms with Gasteiger partial charge in [0.2, 0.25) is 0 Å². The molecule has 2 unspecified atom stereocenters. The summed E-state index contributed by atoms with van der Waals surface area (Å²) in [4.78, 5) is 4.11. The first-order valence-corrected chi connectivity index (χ1v) is 6.08. The quantitative estimate of drug-likeness (QED) is 0.485. The van der Waals surface area contributed by atoms with E-state index in [2.05, 4.69) is 22.2 Å². The van der Waals surface area contributed by atoms with Crippen LogP contribution in [0, 0.1) is 5.82 Å². The molecule has 2 rings (SSSR count). The lowest BCUT2D eigenvalue weighted by Gasteiger charge is -2.10. The lowest BCUT2D eigenvalue weighted by Crippen LogP contribution is -2.39. The van der Waals surface area contributed by atoms with Gasteiger partial charge in [0.25, 0.3) is 0 Å². The lowest BCUT2D eigenvalue weighted by molar-refractivity contribution is 0.608. The molecule has 1 aliphatic carbocycles. The summed E-state index contributed by atoms with van der Waals surface area (Å²) in [6.45, 7) is 4.30. The van der Waals surface area contributed by atoms with Crippen molar-refractivity contribution in [1.29, 1.82) is 0 Å². The van der Waals surface area contributed by atoms with Crippen molar-refractivity contribution in [3.8, 4) is 0 Å². The predicted molar refractivity (Wildman–Crippen MR) is 72.2 cm³/mol. The number of aliphatic imine (C=N–C) groups is 1. The van der Waals surface area contributed by atoms with Crippen LogP contribution in [0.25, 0.3) is 0 Å². The van der Waals surface area contributed by atoms with Gasteiger partial charge in [-0.15, -0.1) is 6.58 Å². The van der Waals surface area contributed by atoms with Crippen molar-refractivity contribution < 1.29 is 4.39 Å². The van der Waals surface area contributed by atoms with Gasteiger partial charge in [-0.2, -0.15) is 0 Å². The Morgan fingerprint density at radius 1 is 1.56 bits per heavy atom. The molecule has 18 heavy (non-hydrogen) atoms. The number of hydrogen-bond donors (Lipinski definition) is 2. The van der Waals surface area contributed by atoms with Crippen molar-refractivity contribution in [2.75, 3.05) is 13.6 Å². The minimum atomic E-state index is -0.124. The molecule has 0 heterocycles. The van der Waals surface area contributed by atoms with Crippen LogP contribution in [0.1, 0.15) is 17.9 Å². The normalized spacial score (nSPS) is 22.4. The summed E-state index contributed by atoms with van der Waals surface area (Å²) in [5.74, 6) is 0.855. The molecule has 0 aromatic heterocycles. The Bertz CT molecular complexity index is 456. The first kappa shape index (κ1) is 12.6. The van der Waals surface area contributed by atoms with E-state index in [4.69, 9.17) is 0 Å². The zero-order valence-corrected chi connectivity index (χ0v) is 10.5. The van der Waals surface area contributed by atoms with Crippen molar-refractivity contribution in [2.45, 2.75) is 18.4 Å². The molecule has 1 saturated carbocycles. The van der Waals surface area contributed by atoms with Gasteiger partial charge in [0.1, 0.15) is 5.82 Å². The van der Waals surface area contributed by atoms with Gasteiger partial charge in [-0.25, -0.2) is 4.39 Å². The number of rotatable bonds is 4. The molecular weight excluding hydrogens is 229 g/mol. The third-order valence-electron chi connectivity index (χ3n) is 3.05. The standard InChI is InChI=1S/C14H18FN3/c1-3-8-17-14(16-2)18-13-9-11(13)10-6-4-5-7-12(10)15/h3-7,11,13H,1,8-9H2,2H3,(H2,16,17,18). The van der Waals surface area contributed by atoms with Crippen molar-refractivity contribution >= 4 is 5.96 Å². The van der Waals surface area contributed by atoms with Crippen molar-refractivity contribution in [2.24, 2.45) is 4.99 Å². The highest BCUT2D eigenvalue weighted by Crippen LogP contribution is 2.41. The fraction of sp³-hybridized carbons (Fsp3) is 0.357. The predicted octanol–water partition coefficient (Wildman–Crippen LogP) is 2.03. The first-order valence-electron chi connectivity index (χ1n) is 6.08. The summed E-state index contributed by atoms with van der Waals surface area (Å²) in [5.41, 5.74) is 0.786. The fourth-order valence-electron chi connectivity index (χ4n) is 2.01. The van der Waals surface area contributed by atoms with E-state index in [1.54, 1.807) is 19.2 Å². The smallest absolute Gasteiger partial charge is 0.191 e. The van der Waals surface area contributed by atoms with Crippen LogP contribution in [0.3, 0.4) is 0 Å². The second-order valence-electron chi connectivity index (χ2n) is 4.36. The number of nitrogens with one attached hydrogen (secondary N) is 2. The number of guanidine groups is 1. The van der Waals surface area contributed by atoms with Crippen LogP contribution in [-0.2, 0) is 0 Å². The maximum Gasteiger partial charge on any atom is 0.191 e. The Morgan fingerprint density at radius 2 is 2.33 bits per heavy atom. The van der Waals surface area contributed by atoms with Crippen LogP contribution < -0.4 is 10.6 Å². The third-order valence-corrected chi connectivity index (χ3v) is 3.05. The minimum absolute atomic E-state index is 0.124. The molecule has 0 spiro atoms. The molecule has 96 valence electrons. The highest BCUT2D eigenvalue weighted by molar-refractivity contribution is 5.80. The highest BCUT2D eigenvalue weighted by Gasteiger charge is 2.40. The van der Waals surface area contributed by atoms with Gasteiger partial charge in [0, 0.05) is 25.6 Å². The van der Waals surface area contributed by atoms with Crippen molar-refractivity contribution in [3.05, 3.63) is 48.3 Å². The Balaban J connectivity index is 1.92. The van der Waals surface area contributed by atoms with Gasteiger partial charge in [-0.05, 0) is 18.1 Å². The summed E-state index contributed by atoms with van der Waals surface area (Å²) < 4.78 is 13.6. The van der Waals surface area contributed by atoms with E-state index in [1.165, 1.54) is 6.07 Å². The van der Waals surface area contributed by atoms with Gasteiger partial charge < -0.3 is 10.6 Å². The van der Waals surface area contributed by atoms with Crippen molar-refractivity contribution in [1.82, 2.24) is 10.6 Å². The molecule has 1 aromatic carbocycles. The van der Waals surface area contributed by atoms with Crippen LogP contribution in [0.15, 0.2) is 41.9 Å². The van der Waals surface area contributed by atoms with Gasteiger partial charge >= 0.3 is 0 Å². The molecule has 0 aliphatic heterocycles. The second-order valence-corrected chi connectivity index (χ2v) is 4.36. The first-order chi connectivity index (χ1) is 8.76. The number of hydrogen-bond acceptors (Lipinski definition) is 1. The maximum atomic E-state index is 13.6. The molecule has 2 atom stereocenters. The second kappa shape index (κ2) is 5.67. The molecule has 3 nitrogen and oxygen atoms in total. The van der Waals surface area contributed by atoms with Crippen LogP contribution in [0.5, 0.6) is 0 Å². The monoisotopic (exact) mass is 247 g/mol. The minimum Gasteiger partial charge on any atom is -0.353 e. The number of halogens is 1. The summed E-state index contributed by atoms with van der Waals surface area (Å²) in [6.07, 6.45) is 2.71. The average Bonchev–Trinajstić information content (AvgIpc) is 3.14. The average molecular weight is 247 g/mol. The summed E-state index contributed by atoms with van der Waals surface area (Å²) in [5, 5.41) is 6.38. The fourth-order valence-corrected chi connectivity index (χ4v) is 2.01. The molecule has 0 radical (unpaired) electrons. The highest BCUT2D eigenvalue weighted by atomic mass is 19.1. The van der Waals surface area contributed by atoms with E-state index >= 15 is 0 Å². The Labute approximate surface area is 107 Å². The Hall–Kier alpha value is -1.84. The summed E-state index contributed by atoms with van der Waals surface area (Å²) in [6, 6.07) is 7.21. The van der Waals surface area contributed by atoms with Crippen LogP contribution >= 0.6 is 0 Å². The molecule has 1 aliphatic rings. The molecule has 0 bridgehead atoms. The molecule has 0 amide bonds. The summed E-state index contributed by atoms with van der Waals surface area (Å²) in [7, 11) is 1.72. The Morgan fingerprint density at radius 3 is 3.00 bits per heavy atom. The van der Waals surface area contributed by atoms with E-state index in [-0.39, 0.29) is 17.8 Å². The lowest BCUT2D eigenvalue weighted by atomic mass is 10.1. The van der Waals surface area contributed by atoms with E-state index in [0.29, 0.717) is 6.54 Å². The molecule has 4 heteroatoms. The number of benzene rings is 1. The van der Waals surface area contributed by atoms with Crippen molar-refractivity contribution in [3.63, 3.8) is 0 Å². The van der Waals surface area contributed by atoms with Gasteiger partial charge in [0.15, 0.2) is 5.96 Å². The Kier molecular flexibility index (Phi) is 3.97. The third kappa shape index (κ3) is 2.88. The topological polar surface area (TPSA) is 36.4 Å². The van der Waals surface area contributed by atoms with E-state index in [9.17, 15) is 4.39 Å². The van der Waals surface area contributed by atoms with Crippen LogP contribution in [-0.4, -0.2) is 25.6 Å². The van der Waals surface area contributed by atoms with Crippen LogP contribution in [0.4, 0.5) is 4.39 Å². The SMILES string of the molecule is C=CCNC(=NC)NC1CC1c1ccccc1F. The molecule has 1 aromatic rings. The van der Waals surface area contributed by atoms with Gasteiger partial charge in [-0.1, -0.05) is 24.3 Å². The summed E-state index contributed by atoms with van der Waals surface area (Å²) >= 11 is 0. The van der Waals surface area contributed by atoms with Crippen LogP contribution in [0.2, 0.25) is 0 Å². The maximum absolute atomic E-state index is 13.6. The molecule has 2 N–H and O–H groups in total. The number of nitrogens with zero attached hydrogens (tertiary/aromatic N) is 1. The van der Waals surface area contributed by atoms with E-state index in [1.807, 2.05) is 12.1 Å². The van der Waals surface area contributed by atoms with Gasteiger partial charge in [-0.3, -0.25) is 4.99 Å². The van der Waals surface area contributed by atoms with E-state index < -0.39 is 0 Å². The van der Waals surface area contributed by atoms with Gasteiger partial charge in [0.05, 0.1) is 0 Å². The molecule has 1 fully saturated rings. The molecular formula is C14H18FN3. The largest absolute Gasteiger partial charge is 0.353 e. The zero-order valence-electron chi connectivity index (χ0n) is 10.5. The molecule has 0 saturated heterocycles.